The summed E-state index contributed by atoms with van der Waals surface area (Å²) in [6, 6.07) is 0. The van der Waals surface area contributed by atoms with Crippen molar-refractivity contribution in [3.8, 4) is 0 Å². The van der Waals surface area contributed by atoms with E-state index in [2.05, 4.69) is 0 Å². The molecule has 0 aliphatic carbocycles. The van der Waals surface area contributed by atoms with E-state index in [-0.39, 0.29) is 5.92 Å². The summed E-state index contributed by atoms with van der Waals surface area (Å²) in [6.45, 7) is 9.65. The molecule has 3 heteroatoms. The highest BCUT2D eigenvalue weighted by molar-refractivity contribution is 5.70. The second-order valence-electron chi connectivity index (χ2n) is 2.59. The van der Waals surface area contributed by atoms with Crippen molar-refractivity contribution in [2.75, 3.05) is 20.1 Å². The van der Waals surface area contributed by atoms with Gasteiger partial charge >= 0.3 is 5.97 Å². The van der Waals surface area contributed by atoms with E-state index in [9.17, 15) is 4.79 Å². The third kappa shape index (κ3) is 6.58. The van der Waals surface area contributed by atoms with Gasteiger partial charge in [0, 0.05) is 6.54 Å². The van der Waals surface area contributed by atoms with Crippen molar-refractivity contribution in [1.82, 2.24) is 4.90 Å². The van der Waals surface area contributed by atoms with E-state index >= 15 is 0 Å². The zero-order valence-corrected chi connectivity index (χ0v) is 9.50. The standard InChI is InChI=1S/C6H11NO2.2C2H6/c1-7-3-2-5(4-7)6(8)9;2*1-2/h5H,2-4H2,1H3,(H,8,9);2*1-2H3. The summed E-state index contributed by atoms with van der Waals surface area (Å²) < 4.78 is 0. The molecule has 0 aromatic rings. The van der Waals surface area contributed by atoms with Gasteiger partial charge in [0.05, 0.1) is 5.92 Å². The summed E-state index contributed by atoms with van der Waals surface area (Å²) in [5, 5.41) is 8.50. The van der Waals surface area contributed by atoms with Crippen LogP contribution in [0.3, 0.4) is 0 Å². The summed E-state index contributed by atoms with van der Waals surface area (Å²) >= 11 is 0. The maximum atomic E-state index is 10.3. The molecular formula is C10H23NO2. The molecule has 1 rings (SSSR count). The molecule has 1 N–H and O–H groups in total. The van der Waals surface area contributed by atoms with E-state index in [0.717, 1.165) is 19.5 Å². The minimum atomic E-state index is -0.653. The normalized spacial score (nSPS) is 20.8. The Morgan fingerprint density at radius 3 is 1.92 bits per heavy atom. The molecule has 1 atom stereocenters. The van der Waals surface area contributed by atoms with Crippen LogP contribution in [0, 0.1) is 5.92 Å². The quantitative estimate of drug-likeness (QED) is 0.686. The summed E-state index contributed by atoms with van der Waals surface area (Å²) in [5.74, 6) is -0.769. The molecule has 13 heavy (non-hydrogen) atoms. The van der Waals surface area contributed by atoms with Crippen LogP contribution in [0.25, 0.3) is 0 Å². The van der Waals surface area contributed by atoms with Gasteiger partial charge in [0.15, 0.2) is 0 Å². The van der Waals surface area contributed by atoms with E-state index in [1.165, 1.54) is 0 Å². The molecule has 0 bridgehead atoms. The van der Waals surface area contributed by atoms with Crippen molar-refractivity contribution in [1.29, 1.82) is 0 Å². The molecule has 0 aromatic carbocycles. The number of nitrogens with zero attached hydrogens (tertiary/aromatic N) is 1. The predicted octanol–water partition coefficient (Wildman–Crippen LogP) is 2.08. The van der Waals surface area contributed by atoms with Gasteiger partial charge in [0.25, 0.3) is 0 Å². The molecule has 0 saturated carbocycles. The maximum absolute atomic E-state index is 10.3. The van der Waals surface area contributed by atoms with Crippen molar-refractivity contribution in [2.24, 2.45) is 5.92 Å². The minimum absolute atomic E-state index is 0.116. The zero-order valence-electron chi connectivity index (χ0n) is 9.50. The van der Waals surface area contributed by atoms with Gasteiger partial charge in [-0.05, 0) is 20.0 Å². The van der Waals surface area contributed by atoms with Crippen LogP contribution in [0.5, 0.6) is 0 Å². The Balaban J connectivity index is 0. The van der Waals surface area contributed by atoms with E-state index < -0.39 is 5.97 Å². The fraction of sp³-hybridized carbons (Fsp3) is 0.900. The first-order valence-corrected chi connectivity index (χ1v) is 5.11. The summed E-state index contributed by atoms with van der Waals surface area (Å²) in [4.78, 5) is 12.4. The number of aliphatic carboxylic acids is 1. The summed E-state index contributed by atoms with van der Waals surface area (Å²) in [6.07, 6.45) is 0.811. The second-order valence-corrected chi connectivity index (χ2v) is 2.59. The molecule has 1 unspecified atom stereocenters. The average Bonchev–Trinajstić information content (AvgIpc) is 2.59. The lowest BCUT2D eigenvalue weighted by Gasteiger charge is -2.04. The number of hydrogen-bond donors (Lipinski definition) is 1. The van der Waals surface area contributed by atoms with Gasteiger partial charge in [-0.25, -0.2) is 0 Å². The molecular weight excluding hydrogens is 166 g/mol. The lowest BCUT2D eigenvalue weighted by atomic mass is 10.1. The molecule has 0 amide bonds. The predicted molar refractivity (Wildman–Crippen MR) is 55.9 cm³/mol. The Morgan fingerprint density at radius 2 is 1.77 bits per heavy atom. The van der Waals surface area contributed by atoms with Gasteiger partial charge in [-0.3, -0.25) is 4.79 Å². The smallest absolute Gasteiger partial charge is 0.307 e. The van der Waals surface area contributed by atoms with Crippen LogP contribution >= 0.6 is 0 Å². The van der Waals surface area contributed by atoms with E-state index in [4.69, 9.17) is 5.11 Å². The number of hydrogen-bond acceptors (Lipinski definition) is 2. The first-order chi connectivity index (χ1) is 6.20. The number of carboxylic acid groups (broad SMARTS) is 1. The van der Waals surface area contributed by atoms with Crippen LogP contribution in [0.4, 0.5) is 0 Å². The van der Waals surface area contributed by atoms with Crippen LogP contribution in [-0.4, -0.2) is 36.1 Å². The average molecular weight is 189 g/mol. The largest absolute Gasteiger partial charge is 0.481 e. The fourth-order valence-electron chi connectivity index (χ4n) is 1.14. The van der Waals surface area contributed by atoms with E-state index in [0.29, 0.717) is 0 Å². The van der Waals surface area contributed by atoms with Gasteiger partial charge in [-0.15, -0.1) is 0 Å². The lowest BCUT2D eigenvalue weighted by Crippen LogP contribution is -2.18. The van der Waals surface area contributed by atoms with Gasteiger partial charge in [0.2, 0.25) is 0 Å². The molecule has 1 heterocycles. The summed E-state index contributed by atoms with van der Waals surface area (Å²) in [7, 11) is 1.95. The molecule has 0 aromatic heterocycles. The van der Waals surface area contributed by atoms with Crippen LogP contribution in [-0.2, 0) is 4.79 Å². The van der Waals surface area contributed by atoms with E-state index in [1.807, 2.05) is 39.6 Å². The monoisotopic (exact) mass is 189 g/mol. The Morgan fingerprint density at radius 1 is 1.31 bits per heavy atom. The highest BCUT2D eigenvalue weighted by atomic mass is 16.4. The van der Waals surface area contributed by atoms with Crippen molar-refractivity contribution in [3.05, 3.63) is 0 Å². The Kier molecular flexibility index (Phi) is 10.9. The van der Waals surface area contributed by atoms with Crippen LogP contribution in [0.2, 0.25) is 0 Å². The van der Waals surface area contributed by atoms with Crippen molar-refractivity contribution in [3.63, 3.8) is 0 Å². The molecule has 1 fully saturated rings. The van der Waals surface area contributed by atoms with Gasteiger partial charge in [0.1, 0.15) is 0 Å². The fourth-order valence-corrected chi connectivity index (χ4v) is 1.14. The summed E-state index contributed by atoms with van der Waals surface area (Å²) in [5.41, 5.74) is 0. The topological polar surface area (TPSA) is 40.5 Å². The number of rotatable bonds is 1. The highest BCUT2D eigenvalue weighted by Gasteiger charge is 2.24. The van der Waals surface area contributed by atoms with Gasteiger partial charge in [-0.2, -0.15) is 0 Å². The SMILES string of the molecule is CC.CC.CN1CCC(C(=O)O)C1. The van der Waals surface area contributed by atoms with Gasteiger partial charge in [-0.1, -0.05) is 27.7 Å². The third-order valence-electron chi connectivity index (χ3n) is 1.74. The lowest BCUT2D eigenvalue weighted by molar-refractivity contribution is -0.141. The Labute approximate surface area is 81.7 Å². The maximum Gasteiger partial charge on any atom is 0.307 e. The van der Waals surface area contributed by atoms with Crippen molar-refractivity contribution >= 4 is 5.97 Å². The number of likely N-dealkylation sites (tertiary alicyclic amines) is 1. The molecule has 0 spiro atoms. The molecule has 1 saturated heterocycles. The Hall–Kier alpha value is -0.570. The first-order valence-electron chi connectivity index (χ1n) is 5.11. The molecule has 1 aliphatic heterocycles. The van der Waals surface area contributed by atoms with Crippen LogP contribution in [0.15, 0.2) is 0 Å². The minimum Gasteiger partial charge on any atom is -0.481 e. The number of carboxylic acids is 1. The van der Waals surface area contributed by atoms with E-state index in [1.54, 1.807) is 0 Å². The third-order valence-corrected chi connectivity index (χ3v) is 1.74. The molecule has 0 radical (unpaired) electrons. The Bertz CT molecular complexity index is 126. The highest BCUT2D eigenvalue weighted by Crippen LogP contribution is 2.13. The number of carbonyl (C=O) groups is 1. The zero-order chi connectivity index (χ0) is 10.9. The van der Waals surface area contributed by atoms with Crippen LogP contribution < -0.4 is 0 Å². The molecule has 80 valence electrons. The van der Waals surface area contributed by atoms with Crippen molar-refractivity contribution in [2.45, 2.75) is 34.1 Å². The molecule has 3 nitrogen and oxygen atoms in total. The van der Waals surface area contributed by atoms with Crippen LogP contribution in [0.1, 0.15) is 34.1 Å². The van der Waals surface area contributed by atoms with Crippen molar-refractivity contribution < 1.29 is 9.90 Å². The first kappa shape index (κ1) is 14.9. The second kappa shape index (κ2) is 9.52. The molecule has 1 aliphatic rings. The van der Waals surface area contributed by atoms with Gasteiger partial charge < -0.3 is 10.0 Å².